The van der Waals surface area contributed by atoms with E-state index in [1.54, 1.807) is 0 Å². The number of rotatable bonds is 30. The van der Waals surface area contributed by atoms with Crippen molar-refractivity contribution in [3.8, 4) is 0 Å². The fourth-order valence-corrected chi connectivity index (χ4v) is 4.48. The SMILES string of the molecule is CC/C=C/C=C/C=C/C=C/C=C/CCCC(=O)OC(COC(=O)CCCCCCC/C=C/C=C/C=C/C=C/CCCCC)COP(=O)(O)O. The topological polar surface area (TPSA) is 119 Å². The van der Waals surface area contributed by atoms with Crippen molar-refractivity contribution in [1.82, 2.24) is 0 Å². The van der Waals surface area contributed by atoms with E-state index in [1.165, 1.54) is 19.3 Å². The quantitative estimate of drug-likeness (QED) is 0.0329. The van der Waals surface area contributed by atoms with Crippen LogP contribution in [-0.2, 0) is 28.2 Å². The van der Waals surface area contributed by atoms with E-state index in [4.69, 9.17) is 19.3 Å². The molecule has 0 bridgehead atoms. The standard InChI is InChI=1S/C40H61O8P/c1-3-5-7-9-11-13-15-17-18-19-20-21-23-24-26-28-30-32-34-39(41)46-36-38(37-47-49(43,44)45)48-40(42)35-33-31-29-27-25-22-16-14-12-10-8-6-4-2/h6,8,10-22,25,27,29,38H,3-5,7,9,23-24,26,28,30-37H2,1-2H3,(H2,43,44,45)/b8-6+,12-10+,13-11+,16-14+,17-15+,19-18+,21-20+,25-22+,29-27+. The van der Waals surface area contributed by atoms with Crippen molar-refractivity contribution in [2.24, 2.45) is 0 Å². The monoisotopic (exact) mass is 700 g/mol. The molecule has 9 heteroatoms. The number of carbonyl (C=O) groups excluding carboxylic acids is 2. The molecule has 0 amide bonds. The summed E-state index contributed by atoms with van der Waals surface area (Å²) in [6.07, 6.45) is 48.1. The molecule has 1 unspecified atom stereocenters. The minimum Gasteiger partial charge on any atom is -0.462 e. The normalized spacial score (nSPS) is 13.8. The molecule has 0 saturated heterocycles. The van der Waals surface area contributed by atoms with Crippen LogP contribution in [0.5, 0.6) is 0 Å². The first-order valence-corrected chi connectivity index (χ1v) is 19.3. The van der Waals surface area contributed by atoms with Gasteiger partial charge in [-0.1, -0.05) is 155 Å². The predicted octanol–water partition coefficient (Wildman–Crippen LogP) is 10.4. The molecule has 0 aliphatic carbocycles. The zero-order valence-corrected chi connectivity index (χ0v) is 30.7. The Bertz CT molecular complexity index is 1150. The Morgan fingerprint density at radius 3 is 1.53 bits per heavy atom. The summed E-state index contributed by atoms with van der Waals surface area (Å²) in [5.41, 5.74) is 0. The summed E-state index contributed by atoms with van der Waals surface area (Å²) in [7, 11) is -4.78. The van der Waals surface area contributed by atoms with E-state index in [1.807, 2.05) is 72.9 Å². The van der Waals surface area contributed by atoms with Gasteiger partial charge in [0.2, 0.25) is 0 Å². The van der Waals surface area contributed by atoms with E-state index in [9.17, 15) is 14.2 Å². The van der Waals surface area contributed by atoms with E-state index < -0.39 is 32.5 Å². The van der Waals surface area contributed by atoms with Gasteiger partial charge in [-0.2, -0.15) is 0 Å². The van der Waals surface area contributed by atoms with Crippen LogP contribution in [0.15, 0.2) is 109 Å². The number of ether oxygens (including phenoxy) is 2. The van der Waals surface area contributed by atoms with E-state index in [0.717, 1.165) is 44.9 Å². The van der Waals surface area contributed by atoms with Gasteiger partial charge in [0, 0.05) is 12.8 Å². The summed E-state index contributed by atoms with van der Waals surface area (Å²) in [5.74, 6) is -1.01. The third-order valence-corrected chi connectivity index (χ3v) is 7.23. The first kappa shape index (κ1) is 45.7. The lowest BCUT2D eigenvalue weighted by atomic mass is 10.1. The molecule has 0 aliphatic rings. The number of carbonyl (C=O) groups is 2. The van der Waals surface area contributed by atoms with Gasteiger partial charge >= 0.3 is 19.8 Å². The molecular weight excluding hydrogens is 639 g/mol. The molecule has 0 radical (unpaired) electrons. The molecule has 1 atom stereocenters. The van der Waals surface area contributed by atoms with Gasteiger partial charge in [-0.25, -0.2) is 4.57 Å². The van der Waals surface area contributed by atoms with E-state index in [2.05, 4.69) is 54.8 Å². The van der Waals surface area contributed by atoms with Crippen molar-refractivity contribution in [3.05, 3.63) is 109 Å². The van der Waals surface area contributed by atoms with Crippen LogP contribution in [0.3, 0.4) is 0 Å². The van der Waals surface area contributed by atoms with Crippen molar-refractivity contribution < 1.29 is 37.9 Å². The Kier molecular flexibility index (Phi) is 32.2. The summed E-state index contributed by atoms with van der Waals surface area (Å²) in [6.45, 7) is 3.38. The lowest BCUT2D eigenvalue weighted by Gasteiger charge is -2.18. The molecule has 0 aromatic heterocycles. The highest BCUT2D eigenvalue weighted by molar-refractivity contribution is 7.46. The van der Waals surface area contributed by atoms with Crippen LogP contribution in [0, 0.1) is 0 Å². The summed E-state index contributed by atoms with van der Waals surface area (Å²) in [6, 6.07) is 0. The fraction of sp³-hybridized carbons (Fsp3) is 0.500. The van der Waals surface area contributed by atoms with Crippen LogP contribution in [0.4, 0.5) is 0 Å². The molecule has 0 spiro atoms. The lowest BCUT2D eigenvalue weighted by molar-refractivity contribution is -0.161. The van der Waals surface area contributed by atoms with Crippen LogP contribution in [0.1, 0.15) is 110 Å². The van der Waals surface area contributed by atoms with Gasteiger partial charge in [0.15, 0.2) is 6.10 Å². The molecule has 49 heavy (non-hydrogen) atoms. The molecule has 0 aromatic rings. The maximum atomic E-state index is 12.3. The highest BCUT2D eigenvalue weighted by Crippen LogP contribution is 2.35. The van der Waals surface area contributed by atoms with Crippen LogP contribution in [0.2, 0.25) is 0 Å². The smallest absolute Gasteiger partial charge is 0.462 e. The zero-order chi connectivity index (χ0) is 36.1. The average molecular weight is 701 g/mol. The van der Waals surface area contributed by atoms with Crippen molar-refractivity contribution in [2.45, 2.75) is 116 Å². The van der Waals surface area contributed by atoms with Crippen molar-refractivity contribution in [1.29, 1.82) is 0 Å². The number of phosphoric ester groups is 1. The molecule has 0 rings (SSSR count). The molecular formula is C40H61O8P. The number of hydrogen-bond acceptors (Lipinski definition) is 6. The minimum absolute atomic E-state index is 0.103. The fourth-order valence-electron chi connectivity index (χ4n) is 4.12. The Morgan fingerprint density at radius 2 is 1.00 bits per heavy atom. The second kappa shape index (κ2) is 34.6. The van der Waals surface area contributed by atoms with E-state index in [-0.39, 0.29) is 19.4 Å². The lowest BCUT2D eigenvalue weighted by Crippen LogP contribution is -2.29. The van der Waals surface area contributed by atoms with Gasteiger partial charge in [0.1, 0.15) is 6.61 Å². The minimum atomic E-state index is -4.78. The molecule has 0 heterocycles. The summed E-state index contributed by atoms with van der Waals surface area (Å²) >= 11 is 0. The number of allylic oxidation sites excluding steroid dienone is 18. The Balaban J connectivity index is 4.19. The van der Waals surface area contributed by atoms with Gasteiger partial charge < -0.3 is 19.3 Å². The Labute approximate surface area is 296 Å². The van der Waals surface area contributed by atoms with Crippen LogP contribution in [-0.4, -0.2) is 41.0 Å². The van der Waals surface area contributed by atoms with Gasteiger partial charge in [-0.05, 0) is 51.4 Å². The predicted molar refractivity (Wildman–Crippen MR) is 202 cm³/mol. The molecule has 8 nitrogen and oxygen atoms in total. The third kappa shape index (κ3) is 37.4. The van der Waals surface area contributed by atoms with Crippen LogP contribution in [0.25, 0.3) is 0 Å². The number of hydrogen-bond donors (Lipinski definition) is 2. The second-order valence-electron chi connectivity index (χ2n) is 11.3. The van der Waals surface area contributed by atoms with Gasteiger partial charge in [-0.15, -0.1) is 0 Å². The van der Waals surface area contributed by atoms with E-state index >= 15 is 0 Å². The zero-order valence-electron chi connectivity index (χ0n) is 29.8. The maximum absolute atomic E-state index is 12.3. The molecule has 0 aliphatic heterocycles. The number of esters is 2. The largest absolute Gasteiger partial charge is 0.469 e. The van der Waals surface area contributed by atoms with Crippen molar-refractivity contribution in [3.63, 3.8) is 0 Å². The first-order chi connectivity index (χ1) is 23.8. The first-order valence-electron chi connectivity index (χ1n) is 17.8. The third-order valence-electron chi connectivity index (χ3n) is 6.75. The van der Waals surface area contributed by atoms with Gasteiger partial charge in [-0.3, -0.25) is 14.1 Å². The summed E-state index contributed by atoms with van der Waals surface area (Å²) < 4.78 is 26.2. The Morgan fingerprint density at radius 1 is 0.551 bits per heavy atom. The van der Waals surface area contributed by atoms with Gasteiger partial charge in [0.25, 0.3) is 0 Å². The second-order valence-corrected chi connectivity index (χ2v) is 12.6. The van der Waals surface area contributed by atoms with Crippen LogP contribution < -0.4 is 0 Å². The maximum Gasteiger partial charge on any atom is 0.469 e. The van der Waals surface area contributed by atoms with Crippen molar-refractivity contribution in [2.75, 3.05) is 13.2 Å². The highest BCUT2D eigenvalue weighted by atomic mass is 31.2. The summed E-state index contributed by atoms with van der Waals surface area (Å²) in [5, 5.41) is 0. The number of unbranched alkanes of at least 4 members (excludes halogenated alkanes) is 9. The molecule has 0 fully saturated rings. The van der Waals surface area contributed by atoms with Crippen molar-refractivity contribution >= 4 is 19.8 Å². The summed E-state index contributed by atoms with van der Waals surface area (Å²) in [4.78, 5) is 42.6. The average Bonchev–Trinajstić information content (AvgIpc) is 3.07. The highest BCUT2D eigenvalue weighted by Gasteiger charge is 2.22. The van der Waals surface area contributed by atoms with E-state index in [0.29, 0.717) is 19.3 Å². The molecule has 0 aromatic carbocycles. The van der Waals surface area contributed by atoms with Gasteiger partial charge in [0.05, 0.1) is 6.61 Å². The Hall–Kier alpha value is -3.29. The molecule has 2 N–H and O–H groups in total. The van der Waals surface area contributed by atoms with Crippen LogP contribution >= 0.6 is 7.82 Å². The number of phosphoric acid groups is 1. The molecule has 274 valence electrons. The molecule has 0 saturated carbocycles.